The third-order valence-electron chi connectivity index (χ3n) is 3.99. The van der Waals surface area contributed by atoms with Crippen LogP contribution in [0.2, 0.25) is 0 Å². The first kappa shape index (κ1) is 13.8. The SMILES string of the molecule is Cc1cccc(CNCc2c(C)nn(C)c2C)c1C. The van der Waals surface area contributed by atoms with E-state index in [4.69, 9.17) is 0 Å². The van der Waals surface area contributed by atoms with Crippen LogP contribution in [0.15, 0.2) is 18.2 Å². The lowest BCUT2D eigenvalue weighted by atomic mass is 10.0. The summed E-state index contributed by atoms with van der Waals surface area (Å²) in [5, 5.41) is 7.97. The van der Waals surface area contributed by atoms with Crippen LogP contribution in [-0.2, 0) is 20.1 Å². The highest BCUT2D eigenvalue weighted by Gasteiger charge is 2.08. The molecule has 0 saturated carbocycles. The van der Waals surface area contributed by atoms with Crippen molar-refractivity contribution in [1.29, 1.82) is 0 Å². The van der Waals surface area contributed by atoms with Crippen LogP contribution in [0.4, 0.5) is 0 Å². The van der Waals surface area contributed by atoms with Gasteiger partial charge in [-0.25, -0.2) is 0 Å². The summed E-state index contributed by atoms with van der Waals surface area (Å²) in [6.45, 7) is 10.3. The Balaban J connectivity index is 2.02. The smallest absolute Gasteiger partial charge is 0.0641 e. The van der Waals surface area contributed by atoms with Crippen LogP contribution in [0.25, 0.3) is 0 Å². The van der Waals surface area contributed by atoms with Gasteiger partial charge in [-0.1, -0.05) is 18.2 Å². The fourth-order valence-corrected chi connectivity index (χ4v) is 2.40. The number of nitrogens with one attached hydrogen (secondary N) is 1. The lowest BCUT2D eigenvalue weighted by Gasteiger charge is -2.10. The van der Waals surface area contributed by atoms with Crippen molar-refractivity contribution in [3.05, 3.63) is 51.8 Å². The van der Waals surface area contributed by atoms with Gasteiger partial charge in [0.25, 0.3) is 0 Å². The third kappa shape index (κ3) is 2.87. The zero-order valence-electron chi connectivity index (χ0n) is 12.5. The van der Waals surface area contributed by atoms with Crippen molar-refractivity contribution >= 4 is 0 Å². The lowest BCUT2D eigenvalue weighted by Crippen LogP contribution is -2.15. The summed E-state index contributed by atoms with van der Waals surface area (Å²) < 4.78 is 1.95. The second-order valence-electron chi connectivity index (χ2n) is 5.24. The van der Waals surface area contributed by atoms with Gasteiger partial charge in [-0.3, -0.25) is 4.68 Å². The number of nitrogens with zero attached hydrogens (tertiary/aromatic N) is 2. The van der Waals surface area contributed by atoms with Gasteiger partial charge in [-0.15, -0.1) is 0 Å². The van der Waals surface area contributed by atoms with Gasteiger partial charge in [-0.2, -0.15) is 5.10 Å². The second-order valence-corrected chi connectivity index (χ2v) is 5.24. The molecule has 1 aromatic heterocycles. The van der Waals surface area contributed by atoms with Crippen molar-refractivity contribution in [2.24, 2.45) is 7.05 Å². The molecule has 0 aliphatic carbocycles. The maximum atomic E-state index is 4.44. The Morgan fingerprint density at radius 2 is 1.84 bits per heavy atom. The number of rotatable bonds is 4. The fraction of sp³-hybridized carbons (Fsp3) is 0.438. The van der Waals surface area contributed by atoms with E-state index in [1.165, 1.54) is 27.9 Å². The first-order chi connectivity index (χ1) is 9.00. The maximum Gasteiger partial charge on any atom is 0.0641 e. The highest BCUT2D eigenvalue weighted by Crippen LogP contribution is 2.14. The topological polar surface area (TPSA) is 29.9 Å². The molecule has 0 spiro atoms. The molecule has 0 saturated heterocycles. The van der Waals surface area contributed by atoms with Crippen molar-refractivity contribution in [2.45, 2.75) is 40.8 Å². The monoisotopic (exact) mass is 257 g/mol. The van der Waals surface area contributed by atoms with Crippen LogP contribution in [0.5, 0.6) is 0 Å². The van der Waals surface area contributed by atoms with Crippen LogP contribution in [0.1, 0.15) is 33.6 Å². The average molecular weight is 257 g/mol. The molecule has 3 nitrogen and oxygen atoms in total. The van der Waals surface area contributed by atoms with Gasteiger partial charge < -0.3 is 5.32 Å². The normalized spacial score (nSPS) is 11.0. The average Bonchev–Trinajstić information content (AvgIpc) is 2.61. The molecule has 1 heterocycles. The lowest BCUT2D eigenvalue weighted by molar-refractivity contribution is 0.681. The van der Waals surface area contributed by atoms with Crippen molar-refractivity contribution in [3.8, 4) is 0 Å². The number of hydrogen-bond acceptors (Lipinski definition) is 2. The first-order valence-corrected chi connectivity index (χ1v) is 6.75. The standard InChI is InChI=1S/C16H23N3/c1-11-7-6-8-15(12(11)2)9-17-10-16-13(3)18-19(5)14(16)4/h6-8,17H,9-10H2,1-5H3. The summed E-state index contributed by atoms with van der Waals surface area (Å²) in [7, 11) is 2.00. The fourth-order valence-electron chi connectivity index (χ4n) is 2.40. The van der Waals surface area contributed by atoms with Crippen molar-refractivity contribution < 1.29 is 0 Å². The van der Waals surface area contributed by atoms with E-state index < -0.39 is 0 Å². The van der Waals surface area contributed by atoms with E-state index in [0.717, 1.165) is 18.8 Å². The predicted molar refractivity (Wildman–Crippen MR) is 79.1 cm³/mol. The van der Waals surface area contributed by atoms with Crippen LogP contribution in [0, 0.1) is 27.7 Å². The largest absolute Gasteiger partial charge is 0.308 e. The Hall–Kier alpha value is -1.61. The van der Waals surface area contributed by atoms with E-state index in [1.54, 1.807) is 0 Å². The molecule has 0 unspecified atom stereocenters. The molecule has 0 aliphatic rings. The first-order valence-electron chi connectivity index (χ1n) is 6.75. The highest BCUT2D eigenvalue weighted by atomic mass is 15.3. The highest BCUT2D eigenvalue weighted by molar-refractivity contribution is 5.33. The third-order valence-corrected chi connectivity index (χ3v) is 3.99. The van der Waals surface area contributed by atoms with Gasteiger partial charge in [-0.05, 0) is 44.4 Å². The van der Waals surface area contributed by atoms with E-state index in [-0.39, 0.29) is 0 Å². The van der Waals surface area contributed by atoms with Gasteiger partial charge in [0, 0.05) is 31.4 Å². The number of benzene rings is 1. The minimum atomic E-state index is 0.874. The molecule has 0 aliphatic heterocycles. The van der Waals surface area contributed by atoms with Gasteiger partial charge in [0.2, 0.25) is 0 Å². The summed E-state index contributed by atoms with van der Waals surface area (Å²) in [6.07, 6.45) is 0. The summed E-state index contributed by atoms with van der Waals surface area (Å²) in [5.74, 6) is 0. The molecule has 3 heteroatoms. The van der Waals surface area contributed by atoms with Crippen molar-refractivity contribution in [3.63, 3.8) is 0 Å². The van der Waals surface area contributed by atoms with E-state index in [1.807, 2.05) is 11.7 Å². The predicted octanol–water partition coefficient (Wildman–Crippen LogP) is 2.94. The number of aryl methyl sites for hydroxylation is 3. The summed E-state index contributed by atoms with van der Waals surface area (Å²) in [4.78, 5) is 0. The number of hydrogen-bond donors (Lipinski definition) is 1. The molecule has 102 valence electrons. The number of aromatic nitrogens is 2. The quantitative estimate of drug-likeness (QED) is 0.912. The Bertz CT molecular complexity index is 582. The van der Waals surface area contributed by atoms with E-state index in [0.29, 0.717) is 0 Å². The Labute approximate surface area is 115 Å². The molecule has 0 amide bonds. The molecular weight excluding hydrogens is 234 g/mol. The van der Waals surface area contributed by atoms with Crippen LogP contribution < -0.4 is 5.32 Å². The van der Waals surface area contributed by atoms with Gasteiger partial charge in [0.1, 0.15) is 0 Å². The maximum absolute atomic E-state index is 4.44. The van der Waals surface area contributed by atoms with Crippen LogP contribution in [0.3, 0.4) is 0 Å². The molecule has 2 rings (SSSR count). The minimum absolute atomic E-state index is 0.874. The zero-order valence-corrected chi connectivity index (χ0v) is 12.5. The zero-order chi connectivity index (χ0) is 14.0. The van der Waals surface area contributed by atoms with E-state index >= 15 is 0 Å². The summed E-state index contributed by atoms with van der Waals surface area (Å²) in [5.41, 5.74) is 7.79. The van der Waals surface area contributed by atoms with Crippen molar-refractivity contribution in [1.82, 2.24) is 15.1 Å². The Morgan fingerprint density at radius 1 is 1.11 bits per heavy atom. The van der Waals surface area contributed by atoms with Crippen LogP contribution in [-0.4, -0.2) is 9.78 Å². The van der Waals surface area contributed by atoms with Gasteiger partial charge in [0.05, 0.1) is 5.69 Å². The molecule has 19 heavy (non-hydrogen) atoms. The van der Waals surface area contributed by atoms with Gasteiger partial charge in [0.15, 0.2) is 0 Å². The van der Waals surface area contributed by atoms with Crippen LogP contribution >= 0.6 is 0 Å². The van der Waals surface area contributed by atoms with E-state index in [9.17, 15) is 0 Å². The molecule has 0 radical (unpaired) electrons. The van der Waals surface area contributed by atoms with Crippen molar-refractivity contribution in [2.75, 3.05) is 0 Å². The molecule has 0 bridgehead atoms. The summed E-state index contributed by atoms with van der Waals surface area (Å²) >= 11 is 0. The summed E-state index contributed by atoms with van der Waals surface area (Å²) in [6, 6.07) is 6.48. The Morgan fingerprint density at radius 3 is 2.47 bits per heavy atom. The minimum Gasteiger partial charge on any atom is -0.308 e. The molecule has 0 fully saturated rings. The molecular formula is C16H23N3. The van der Waals surface area contributed by atoms with Gasteiger partial charge >= 0.3 is 0 Å². The second kappa shape index (κ2) is 5.57. The molecule has 1 N–H and O–H groups in total. The Kier molecular flexibility index (Phi) is 4.05. The molecule has 0 atom stereocenters. The molecule has 1 aromatic carbocycles. The molecule has 2 aromatic rings. The van der Waals surface area contributed by atoms with E-state index in [2.05, 4.69) is 56.3 Å².